The van der Waals surface area contributed by atoms with Gasteiger partial charge in [0.2, 0.25) is 0 Å². The van der Waals surface area contributed by atoms with Crippen molar-refractivity contribution in [2.75, 3.05) is 0 Å². The summed E-state index contributed by atoms with van der Waals surface area (Å²) in [5.74, 6) is 4.44. The Morgan fingerprint density at radius 1 is 0.684 bits per heavy atom. The third-order valence-electron chi connectivity index (χ3n) is 1.16. The van der Waals surface area contributed by atoms with Gasteiger partial charge in [0, 0.05) is 21.1 Å². The molecule has 0 radical (unpaired) electrons. The monoisotopic (exact) mass is 442 g/mol. The van der Waals surface area contributed by atoms with Gasteiger partial charge in [0.25, 0.3) is 0 Å². The van der Waals surface area contributed by atoms with Gasteiger partial charge in [0.1, 0.15) is 0 Å². The second-order valence-electron chi connectivity index (χ2n) is 1.77. The van der Waals surface area contributed by atoms with Gasteiger partial charge in [0.15, 0.2) is 0 Å². The number of hydrogen-bond acceptors (Lipinski definition) is 0. The van der Waals surface area contributed by atoms with Crippen molar-refractivity contribution in [2.24, 2.45) is 0 Å². The van der Waals surface area contributed by atoms with E-state index in [4.69, 9.17) is 23.3 Å². The van der Waals surface area contributed by atoms with Gasteiger partial charge < -0.3 is 8.19 Å². The fraction of sp³-hybridized carbons (Fsp3) is 0.182. The summed E-state index contributed by atoms with van der Waals surface area (Å²) in [6.07, 6.45) is 0. The van der Waals surface area contributed by atoms with E-state index in [-0.39, 0.29) is 39.9 Å². The molecule has 5 nitrogen and oxygen atoms in total. The largest absolute Gasteiger partial charge is 1.00 e. The summed E-state index contributed by atoms with van der Waals surface area (Å²) >= 11 is 0. The molecular weight excluding hydrogens is 434 g/mol. The number of rotatable bonds is 0. The van der Waals surface area contributed by atoms with Crippen molar-refractivity contribution in [3.05, 3.63) is 56.0 Å². The van der Waals surface area contributed by atoms with Crippen molar-refractivity contribution in [1.82, 2.24) is 0 Å². The molecule has 0 saturated carbocycles. The summed E-state index contributed by atoms with van der Waals surface area (Å²) < 4.78 is 37.5. The molecule has 0 bridgehead atoms. The van der Waals surface area contributed by atoms with Gasteiger partial charge >= 0.3 is 75.4 Å². The second-order valence-corrected chi connectivity index (χ2v) is 2.59. The standard InChI is InChI=1S/C6H8P.5CO.Li.W/c1-5-3-7-4-6(5)2;5*1-2;;/h3-4H,1-2H3;;;;;;;/q-1;;;;;;+1;. The molecule has 1 aromatic heterocycles. The van der Waals surface area contributed by atoms with Gasteiger partial charge in [-0.05, 0) is 13.8 Å². The van der Waals surface area contributed by atoms with Crippen LogP contribution in [-0.2, 0) is 44.3 Å². The van der Waals surface area contributed by atoms with Crippen LogP contribution in [0.25, 0.3) is 0 Å². The maximum absolute atomic E-state index is 7.50. The summed E-state index contributed by atoms with van der Waals surface area (Å²) in [7, 11) is 1.36. The van der Waals surface area contributed by atoms with Crippen LogP contribution in [0.1, 0.15) is 11.1 Å². The maximum Gasteiger partial charge on any atom is 1.00 e. The van der Waals surface area contributed by atoms with Crippen LogP contribution >= 0.6 is 8.19 Å². The van der Waals surface area contributed by atoms with Gasteiger partial charge in [-0.1, -0.05) is 11.1 Å². The van der Waals surface area contributed by atoms with Crippen LogP contribution in [0.3, 0.4) is 0 Å². The smallest absolute Gasteiger partial charge is 0 e. The van der Waals surface area contributed by atoms with Crippen molar-refractivity contribution < 1.29 is 63.2 Å². The minimum absolute atomic E-state index is 0. The molecule has 0 spiro atoms. The fourth-order valence-electron chi connectivity index (χ4n) is 0.465. The zero-order valence-electron chi connectivity index (χ0n) is 10.6. The summed E-state index contributed by atoms with van der Waals surface area (Å²) in [4.78, 5) is 0. The zero-order chi connectivity index (χ0) is 15.3. The van der Waals surface area contributed by atoms with E-state index in [2.05, 4.69) is 58.7 Å². The van der Waals surface area contributed by atoms with Crippen LogP contribution in [0, 0.1) is 47.1 Å². The Morgan fingerprint density at radius 2 is 0.842 bits per heavy atom. The van der Waals surface area contributed by atoms with Crippen molar-refractivity contribution >= 4 is 8.19 Å². The van der Waals surface area contributed by atoms with Gasteiger partial charge in [-0.3, -0.25) is 0 Å². The van der Waals surface area contributed by atoms with Crippen LogP contribution in [0.15, 0.2) is 11.6 Å². The summed E-state index contributed by atoms with van der Waals surface area (Å²) in [6.45, 7) is 26.8. The predicted molar refractivity (Wildman–Crippen MR) is 53.7 cm³/mol. The summed E-state index contributed by atoms with van der Waals surface area (Å²) in [5.41, 5.74) is 2.86. The molecule has 0 aliphatic carbocycles. The first-order chi connectivity index (χ1) is 8.30. The molecule has 19 heavy (non-hydrogen) atoms. The van der Waals surface area contributed by atoms with E-state index in [0.29, 0.717) is 0 Å². The van der Waals surface area contributed by atoms with Crippen LogP contribution in [-0.4, -0.2) is 0 Å². The van der Waals surface area contributed by atoms with E-state index >= 15 is 0 Å². The number of aryl methyl sites for hydroxylation is 2. The second kappa shape index (κ2) is 65.0. The Morgan fingerprint density at radius 3 is 0.895 bits per heavy atom. The van der Waals surface area contributed by atoms with Crippen LogP contribution in [0.5, 0.6) is 0 Å². The van der Waals surface area contributed by atoms with Gasteiger partial charge in [0.05, 0.1) is 0 Å². The molecular formula is C11H8LiO5PW. The Bertz CT molecular complexity index is 290. The average Bonchev–Trinajstić information content (AvgIpc) is 2.85. The maximum atomic E-state index is 7.50. The normalized spacial score (nSPS) is 4.00. The summed E-state index contributed by atoms with van der Waals surface area (Å²) in [5, 5.41) is 0. The Hall–Kier alpha value is -0.234. The van der Waals surface area contributed by atoms with E-state index < -0.39 is 0 Å². The fourth-order valence-corrected chi connectivity index (χ4v) is 1.39. The first kappa shape index (κ1) is 42.8. The topological polar surface area (TPSA) is 99.5 Å². The predicted octanol–water partition coefficient (Wildman–Crippen LogP) is -0.584. The molecule has 0 aliphatic rings. The molecule has 0 fully saturated rings. The molecule has 0 aliphatic heterocycles. The van der Waals surface area contributed by atoms with Crippen LogP contribution in [0.2, 0.25) is 0 Å². The van der Waals surface area contributed by atoms with Crippen molar-refractivity contribution in [3.63, 3.8) is 0 Å². The van der Waals surface area contributed by atoms with E-state index in [9.17, 15) is 0 Å². The Labute approximate surface area is 141 Å². The molecule has 1 aromatic rings. The van der Waals surface area contributed by atoms with Crippen molar-refractivity contribution in [1.29, 1.82) is 0 Å². The molecule has 0 unspecified atom stereocenters. The Kier molecular flexibility index (Phi) is 146. The zero-order valence-corrected chi connectivity index (χ0v) is 14.4. The molecule has 0 N–H and O–H groups in total. The molecule has 8 heteroatoms. The quantitative estimate of drug-likeness (QED) is 0.292. The summed E-state index contributed by atoms with van der Waals surface area (Å²) in [6, 6.07) is 0. The molecule has 1 rings (SSSR count). The van der Waals surface area contributed by atoms with Gasteiger partial charge in [-0.15, -0.1) is 0 Å². The third-order valence-corrected chi connectivity index (χ3v) is 2.23. The average molecular weight is 442 g/mol. The van der Waals surface area contributed by atoms with Crippen LogP contribution in [0.4, 0.5) is 0 Å². The molecule has 0 atom stereocenters. The SMILES string of the molecule is Cc1c[p-]cc1C.[C-]#[O+].[C-]#[O+].[C-]#[O+].[C-]#[O+].[C-]#[O+].[Li+].[W]. The first-order valence-electron chi connectivity index (χ1n) is 3.36. The molecule has 1 heterocycles. The Balaban J connectivity index is -0.0000000211. The number of hydrogen-bond donors (Lipinski definition) is 0. The van der Waals surface area contributed by atoms with Crippen molar-refractivity contribution in [3.8, 4) is 0 Å². The molecule has 94 valence electrons. The first-order valence-corrected chi connectivity index (χ1v) is 4.40. The molecule has 0 saturated heterocycles. The van der Waals surface area contributed by atoms with Crippen molar-refractivity contribution in [2.45, 2.75) is 13.8 Å². The van der Waals surface area contributed by atoms with E-state index in [1.807, 2.05) is 0 Å². The van der Waals surface area contributed by atoms with Gasteiger partial charge in [-0.2, -0.15) is 0 Å². The third kappa shape index (κ3) is 46.3. The minimum Gasteiger partial charge on any atom is 0 e. The molecule has 0 amide bonds. The van der Waals surface area contributed by atoms with E-state index in [1.165, 1.54) is 19.3 Å². The van der Waals surface area contributed by atoms with Crippen LogP contribution < -0.4 is 18.9 Å². The van der Waals surface area contributed by atoms with E-state index in [0.717, 1.165) is 0 Å². The van der Waals surface area contributed by atoms with E-state index in [1.54, 1.807) is 0 Å². The molecule has 0 aromatic carbocycles. The minimum atomic E-state index is 0. The van der Waals surface area contributed by atoms with Gasteiger partial charge in [-0.25, -0.2) is 11.6 Å².